The third-order valence-corrected chi connectivity index (χ3v) is 4.76. The Bertz CT molecular complexity index is 687. The van der Waals surface area contributed by atoms with E-state index in [1.807, 2.05) is 18.2 Å². The maximum atomic E-state index is 12.2. The number of esters is 1. The van der Waals surface area contributed by atoms with Crippen molar-refractivity contribution in [3.63, 3.8) is 0 Å². The lowest BCUT2D eigenvalue weighted by atomic mass is 9.96. The van der Waals surface area contributed by atoms with Crippen molar-refractivity contribution in [3.8, 4) is 0 Å². The highest BCUT2D eigenvalue weighted by Gasteiger charge is 2.23. The first-order chi connectivity index (χ1) is 10.7. The summed E-state index contributed by atoms with van der Waals surface area (Å²) >= 11 is 1.67. The van der Waals surface area contributed by atoms with Gasteiger partial charge in [0.05, 0.1) is 12.2 Å². The lowest BCUT2D eigenvalue weighted by Crippen LogP contribution is -2.18. The van der Waals surface area contributed by atoms with Crippen LogP contribution in [-0.4, -0.2) is 18.3 Å². The topological polar surface area (TPSA) is 26.3 Å². The quantitative estimate of drug-likeness (QED) is 0.615. The van der Waals surface area contributed by atoms with E-state index >= 15 is 0 Å². The summed E-state index contributed by atoms with van der Waals surface area (Å²) in [5, 5.41) is 0. The van der Waals surface area contributed by atoms with Gasteiger partial charge in [0.25, 0.3) is 0 Å². The molecule has 3 rings (SSSR count). The highest BCUT2D eigenvalue weighted by molar-refractivity contribution is 7.99. The molecule has 1 heterocycles. The van der Waals surface area contributed by atoms with Gasteiger partial charge in [-0.25, -0.2) is 4.79 Å². The Morgan fingerprint density at radius 2 is 1.77 bits per heavy atom. The average molecular weight is 310 g/mol. The van der Waals surface area contributed by atoms with E-state index in [0.717, 1.165) is 28.0 Å². The minimum absolute atomic E-state index is 0.176. The number of thioether (sulfide) groups is 1. The maximum absolute atomic E-state index is 12.2. The van der Waals surface area contributed by atoms with E-state index in [0.29, 0.717) is 12.4 Å². The molecule has 0 saturated carbocycles. The third-order valence-electron chi connectivity index (χ3n) is 3.72. The third kappa shape index (κ3) is 3.42. The summed E-state index contributed by atoms with van der Waals surface area (Å²) in [6, 6.07) is 18.5. The van der Waals surface area contributed by atoms with Crippen LogP contribution in [0.1, 0.15) is 17.5 Å². The number of hydrogen-bond donors (Lipinski definition) is 0. The molecule has 1 aliphatic heterocycles. The predicted octanol–water partition coefficient (Wildman–Crippen LogP) is 4.49. The monoisotopic (exact) mass is 310 g/mol. The van der Waals surface area contributed by atoms with E-state index in [9.17, 15) is 4.79 Å². The molecule has 0 fully saturated rings. The van der Waals surface area contributed by atoms with Crippen LogP contribution in [0.2, 0.25) is 0 Å². The van der Waals surface area contributed by atoms with Gasteiger partial charge in [-0.3, -0.25) is 0 Å². The van der Waals surface area contributed by atoms with E-state index in [-0.39, 0.29) is 5.97 Å². The zero-order valence-electron chi connectivity index (χ0n) is 12.5. The molecule has 0 spiro atoms. The first-order valence-electron chi connectivity index (χ1n) is 7.38. The van der Waals surface area contributed by atoms with Crippen molar-refractivity contribution in [2.75, 3.05) is 12.4 Å². The first kappa shape index (κ1) is 14.9. The number of rotatable bonds is 4. The number of ether oxygens (including phenoxy) is 1. The highest BCUT2D eigenvalue weighted by atomic mass is 32.2. The van der Waals surface area contributed by atoms with E-state index in [1.165, 1.54) is 5.56 Å². The van der Waals surface area contributed by atoms with Gasteiger partial charge >= 0.3 is 5.97 Å². The van der Waals surface area contributed by atoms with Crippen LogP contribution in [0.3, 0.4) is 0 Å². The van der Waals surface area contributed by atoms with Crippen LogP contribution in [0, 0.1) is 6.92 Å². The number of aryl methyl sites for hydroxylation is 1. The van der Waals surface area contributed by atoms with Crippen LogP contribution >= 0.6 is 11.8 Å². The normalized spacial score (nSPS) is 14.9. The summed E-state index contributed by atoms with van der Waals surface area (Å²) in [5.74, 6) is 0.469. The molecular weight excluding hydrogens is 292 g/mol. The van der Waals surface area contributed by atoms with Crippen LogP contribution < -0.4 is 0 Å². The van der Waals surface area contributed by atoms with E-state index in [2.05, 4.69) is 43.3 Å². The fourth-order valence-electron chi connectivity index (χ4n) is 2.50. The second kappa shape index (κ2) is 6.84. The van der Waals surface area contributed by atoms with Crippen LogP contribution in [0.25, 0.3) is 5.57 Å². The van der Waals surface area contributed by atoms with Gasteiger partial charge in [-0.05, 0) is 30.2 Å². The minimum atomic E-state index is -0.176. The Kier molecular flexibility index (Phi) is 4.64. The molecule has 0 aliphatic carbocycles. The van der Waals surface area contributed by atoms with Gasteiger partial charge in [0.1, 0.15) is 0 Å². The predicted molar refractivity (Wildman–Crippen MR) is 90.8 cm³/mol. The second-order valence-corrected chi connectivity index (χ2v) is 6.36. The molecule has 0 amide bonds. The number of benzene rings is 2. The standard InChI is InChI=1S/C19H18O2S/c1-14-7-9-15(10-8-14)17-11-12-21-19(20)18(17)13-22-16-5-3-2-4-6-16/h2-10H,11-13H2,1H3. The van der Waals surface area contributed by atoms with Gasteiger partial charge in [0, 0.05) is 17.1 Å². The molecule has 112 valence electrons. The van der Waals surface area contributed by atoms with Crippen LogP contribution in [0.5, 0.6) is 0 Å². The molecule has 2 aromatic carbocycles. The SMILES string of the molecule is Cc1ccc(C2=C(CSc3ccccc3)C(=O)OCC2)cc1. The van der Waals surface area contributed by atoms with E-state index in [1.54, 1.807) is 11.8 Å². The number of cyclic esters (lactones) is 1. The largest absolute Gasteiger partial charge is 0.462 e. The summed E-state index contributed by atoms with van der Waals surface area (Å²) in [6.07, 6.45) is 0.791. The molecular formula is C19H18O2S. The van der Waals surface area contributed by atoms with Crippen LogP contribution in [0.4, 0.5) is 0 Å². The second-order valence-electron chi connectivity index (χ2n) is 5.31. The van der Waals surface area contributed by atoms with Gasteiger partial charge in [-0.1, -0.05) is 48.0 Å². The Balaban J connectivity index is 1.88. The molecule has 22 heavy (non-hydrogen) atoms. The summed E-state index contributed by atoms with van der Waals surface area (Å²) in [7, 11) is 0. The molecule has 0 aromatic heterocycles. The summed E-state index contributed by atoms with van der Waals surface area (Å²) < 4.78 is 5.24. The molecule has 3 heteroatoms. The van der Waals surface area contributed by atoms with Crippen molar-refractivity contribution in [1.82, 2.24) is 0 Å². The summed E-state index contributed by atoms with van der Waals surface area (Å²) in [6.45, 7) is 2.54. The number of hydrogen-bond acceptors (Lipinski definition) is 3. The van der Waals surface area contributed by atoms with Crippen molar-refractivity contribution in [2.24, 2.45) is 0 Å². The minimum Gasteiger partial charge on any atom is -0.462 e. The summed E-state index contributed by atoms with van der Waals surface area (Å²) in [4.78, 5) is 13.3. The van der Waals surface area contributed by atoms with Crippen LogP contribution in [-0.2, 0) is 9.53 Å². The smallest absolute Gasteiger partial charge is 0.335 e. The zero-order chi connectivity index (χ0) is 15.4. The van der Waals surface area contributed by atoms with Gasteiger partial charge in [-0.2, -0.15) is 0 Å². The molecule has 0 unspecified atom stereocenters. The van der Waals surface area contributed by atoms with Gasteiger partial charge in [0.15, 0.2) is 0 Å². The molecule has 0 atom stereocenters. The van der Waals surface area contributed by atoms with Crippen molar-refractivity contribution in [2.45, 2.75) is 18.2 Å². The van der Waals surface area contributed by atoms with Crippen molar-refractivity contribution in [1.29, 1.82) is 0 Å². The zero-order valence-corrected chi connectivity index (χ0v) is 13.4. The number of carbonyl (C=O) groups excluding carboxylic acids is 1. The maximum Gasteiger partial charge on any atom is 0.335 e. The lowest BCUT2D eigenvalue weighted by molar-refractivity contribution is -0.139. The average Bonchev–Trinajstić information content (AvgIpc) is 2.55. The van der Waals surface area contributed by atoms with Crippen molar-refractivity contribution in [3.05, 3.63) is 71.3 Å². The van der Waals surface area contributed by atoms with Gasteiger partial charge in [0.2, 0.25) is 0 Å². The number of carbonyl (C=O) groups is 1. The fraction of sp³-hybridized carbons (Fsp3) is 0.211. The van der Waals surface area contributed by atoms with Crippen molar-refractivity contribution < 1.29 is 9.53 Å². The molecule has 0 saturated heterocycles. The Hall–Kier alpha value is -2.00. The molecule has 0 radical (unpaired) electrons. The van der Waals surface area contributed by atoms with Crippen molar-refractivity contribution >= 4 is 23.3 Å². The van der Waals surface area contributed by atoms with Gasteiger partial charge in [-0.15, -0.1) is 11.8 Å². The van der Waals surface area contributed by atoms with E-state index in [4.69, 9.17) is 4.74 Å². The lowest BCUT2D eigenvalue weighted by Gasteiger charge is -2.20. The molecule has 0 bridgehead atoms. The summed E-state index contributed by atoms with van der Waals surface area (Å²) in [5.41, 5.74) is 4.28. The fourth-order valence-corrected chi connectivity index (χ4v) is 3.45. The molecule has 1 aliphatic rings. The van der Waals surface area contributed by atoms with E-state index < -0.39 is 0 Å². The molecule has 2 nitrogen and oxygen atoms in total. The Morgan fingerprint density at radius 3 is 2.50 bits per heavy atom. The van der Waals surface area contributed by atoms with Crippen LogP contribution in [0.15, 0.2) is 65.1 Å². The van der Waals surface area contributed by atoms with Gasteiger partial charge < -0.3 is 4.74 Å². The Labute approximate surface area is 135 Å². The Morgan fingerprint density at radius 1 is 1.05 bits per heavy atom. The highest BCUT2D eigenvalue weighted by Crippen LogP contribution is 2.31. The first-order valence-corrected chi connectivity index (χ1v) is 8.36. The molecule has 0 N–H and O–H groups in total. The molecule has 2 aromatic rings.